The van der Waals surface area contributed by atoms with Crippen molar-refractivity contribution in [3.05, 3.63) is 35.1 Å². The molecule has 0 saturated heterocycles. The van der Waals surface area contributed by atoms with Crippen molar-refractivity contribution in [2.75, 3.05) is 19.8 Å². The summed E-state index contributed by atoms with van der Waals surface area (Å²) in [5.41, 5.74) is 3.61. The van der Waals surface area contributed by atoms with E-state index in [1.165, 1.54) is 11.4 Å². The molecular formula is C14H21N3OS. The van der Waals surface area contributed by atoms with Gasteiger partial charge in [0.15, 0.2) is 4.96 Å². The van der Waals surface area contributed by atoms with E-state index in [0.29, 0.717) is 0 Å². The Morgan fingerprint density at radius 3 is 3.11 bits per heavy atom. The van der Waals surface area contributed by atoms with Crippen molar-refractivity contribution in [2.45, 2.75) is 26.8 Å². The number of hydrogen-bond donors (Lipinski definition) is 1. The van der Waals surface area contributed by atoms with Crippen LogP contribution in [0.25, 0.3) is 4.96 Å². The van der Waals surface area contributed by atoms with Crippen molar-refractivity contribution in [1.29, 1.82) is 0 Å². The molecule has 2 aromatic heterocycles. The molecule has 2 heterocycles. The predicted molar refractivity (Wildman–Crippen MR) is 79.9 cm³/mol. The Hall–Kier alpha value is -1.17. The number of imidazole rings is 1. The van der Waals surface area contributed by atoms with Gasteiger partial charge >= 0.3 is 0 Å². The lowest BCUT2D eigenvalue weighted by Gasteiger charge is -2.06. The van der Waals surface area contributed by atoms with Gasteiger partial charge in [0.25, 0.3) is 0 Å². The Balaban J connectivity index is 1.82. The smallest absolute Gasteiger partial charge is 0.194 e. The Kier molecular flexibility index (Phi) is 5.13. The molecule has 1 N–H and O–H groups in total. The maximum absolute atomic E-state index is 5.47. The van der Waals surface area contributed by atoms with Crippen LogP contribution in [-0.2, 0) is 11.3 Å². The van der Waals surface area contributed by atoms with E-state index in [1.54, 1.807) is 11.3 Å². The summed E-state index contributed by atoms with van der Waals surface area (Å²) < 4.78 is 7.69. The van der Waals surface area contributed by atoms with Gasteiger partial charge in [0.1, 0.15) is 0 Å². The van der Waals surface area contributed by atoms with Crippen LogP contribution in [0.1, 0.15) is 23.5 Å². The zero-order chi connectivity index (χ0) is 13.7. The van der Waals surface area contributed by atoms with Crippen molar-refractivity contribution in [3.63, 3.8) is 0 Å². The molecule has 0 aliphatic carbocycles. The van der Waals surface area contributed by atoms with Crippen LogP contribution in [0.15, 0.2) is 18.0 Å². The maximum Gasteiger partial charge on any atom is 0.194 e. The molecule has 0 aliphatic heterocycles. The van der Waals surface area contributed by atoms with Crippen LogP contribution < -0.4 is 5.32 Å². The highest BCUT2D eigenvalue weighted by molar-refractivity contribution is 7.15. The molecule has 0 aliphatic rings. The van der Waals surface area contributed by atoms with E-state index in [0.717, 1.165) is 43.4 Å². The Labute approximate surface area is 118 Å². The van der Waals surface area contributed by atoms with Crippen molar-refractivity contribution in [2.24, 2.45) is 0 Å². The van der Waals surface area contributed by atoms with Crippen LogP contribution in [0.4, 0.5) is 0 Å². The average molecular weight is 279 g/mol. The summed E-state index contributed by atoms with van der Waals surface area (Å²) in [5, 5.41) is 5.55. The highest BCUT2D eigenvalue weighted by Gasteiger charge is 2.11. The number of aromatic nitrogens is 2. The Morgan fingerprint density at radius 2 is 2.32 bits per heavy atom. The van der Waals surface area contributed by atoms with E-state index < -0.39 is 0 Å². The molecule has 19 heavy (non-hydrogen) atoms. The number of aryl methyl sites for hydroxylation is 2. The van der Waals surface area contributed by atoms with E-state index in [1.807, 2.05) is 6.08 Å². The Morgan fingerprint density at radius 1 is 1.47 bits per heavy atom. The first-order chi connectivity index (χ1) is 9.24. The Bertz CT molecular complexity index is 544. The first-order valence-corrected chi connectivity index (χ1v) is 7.43. The minimum Gasteiger partial charge on any atom is -0.380 e. The minimum atomic E-state index is 0.734. The number of thiazole rings is 1. The van der Waals surface area contributed by atoms with Crippen molar-refractivity contribution < 1.29 is 4.74 Å². The molecular weight excluding hydrogens is 258 g/mol. The van der Waals surface area contributed by atoms with Crippen LogP contribution in [0.3, 0.4) is 0 Å². The van der Waals surface area contributed by atoms with Gasteiger partial charge < -0.3 is 10.1 Å². The van der Waals surface area contributed by atoms with Gasteiger partial charge in [-0.15, -0.1) is 17.9 Å². The number of ether oxygens (including phenoxy) is 1. The fraction of sp³-hybridized carbons (Fsp3) is 0.500. The van der Waals surface area contributed by atoms with Gasteiger partial charge in [0, 0.05) is 24.2 Å². The first kappa shape index (κ1) is 14.2. The summed E-state index contributed by atoms with van der Waals surface area (Å²) in [6.45, 7) is 11.0. The number of rotatable bonds is 8. The largest absolute Gasteiger partial charge is 0.380 e. The summed E-state index contributed by atoms with van der Waals surface area (Å²) in [6.07, 6.45) is 2.79. The zero-order valence-corrected chi connectivity index (χ0v) is 12.4. The van der Waals surface area contributed by atoms with E-state index in [-0.39, 0.29) is 0 Å². The summed E-state index contributed by atoms with van der Waals surface area (Å²) in [4.78, 5) is 5.65. The van der Waals surface area contributed by atoms with Gasteiger partial charge in [-0.1, -0.05) is 6.08 Å². The molecule has 0 aromatic carbocycles. The molecule has 2 aromatic rings. The maximum atomic E-state index is 5.47. The highest BCUT2D eigenvalue weighted by Crippen LogP contribution is 2.20. The summed E-state index contributed by atoms with van der Waals surface area (Å²) >= 11 is 1.69. The van der Waals surface area contributed by atoms with Gasteiger partial charge in [-0.05, 0) is 20.3 Å². The van der Waals surface area contributed by atoms with E-state index in [4.69, 9.17) is 4.74 Å². The highest BCUT2D eigenvalue weighted by atomic mass is 32.1. The molecule has 0 amide bonds. The predicted octanol–water partition coefficient (Wildman–Crippen LogP) is 2.69. The quantitative estimate of drug-likeness (QED) is 0.596. The summed E-state index contributed by atoms with van der Waals surface area (Å²) in [7, 11) is 0. The van der Waals surface area contributed by atoms with Gasteiger partial charge in [-0.3, -0.25) is 4.40 Å². The standard InChI is InChI=1S/C14H21N3OS/c1-4-5-7-18-8-6-15-9-13-12(3)16-14-17(13)11(2)10-19-14/h4,10,15H,1,5-9H2,2-3H3. The number of nitrogens with one attached hydrogen (secondary N) is 1. The lowest BCUT2D eigenvalue weighted by molar-refractivity contribution is 0.140. The molecule has 0 spiro atoms. The van der Waals surface area contributed by atoms with Crippen LogP contribution in [0, 0.1) is 13.8 Å². The lowest BCUT2D eigenvalue weighted by Crippen LogP contribution is -2.20. The van der Waals surface area contributed by atoms with Crippen LogP contribution in [-0.4, -0.2) is 29.1 Å². The summed E-state index contributed by atoms with van der Waals surface area (Å²) in [5.74, 6) is 0. The molecule has 0 fully saturated rings. The summed E-state index contributed by atoms with van der Waals surface area (Å²) in [6, 6.07) is 0. The lowest BCUT2D eigenvalue weighted by atomic mass is 10.3. The average Bonchev–Trinajstić information content (AvgIpc) is 2.89. The molecule has 0 bridgehead atoms. The monoisotopic (exact) mass is 279 g/mol. The second-order valence-electron chi connectivity index (χ2n) is 4.51. The molecule has 0 atom stereocenters. The van der Waals surface area contributed by atoms with Gasteiger partial charge in [0.05, 0.1) is 24.6 Å². The van der Waals surface area contributed by atoms with Crippen molar-refractivity contribution >= 4 is 16.3 Å². The van der Waals surface area contributed by atoms with Crippen LogP contribution in [0.2, 0.25) is 0 Å². The molecule has 5 heteroatoms. The third kappa shape index (κ3) is 3.43. The van der Waals surface area contributed by atoms with Crippen molar-refractivity contribution in [3.8, 4) is 0 Å². The molecule has 104 valence electrons. The second-order valence-corrected chi connectivity index (χ2v) is 5.34. The molecule has 0 radical (unpaired) electrons. The molecule has 0 saturated carbocycles. The SMILES string of the molecule is C=CCCOCCNCc1c(C)nc2scc(C)n12. The minimum absolute atomic E-state index is 0.734. The third-order valence-corrected chi connectivity index (χ3v) is 3.96. The fourth-order valence-corrected chi connectivity index (χ4v) is 2.93. The van der Waals surface area contributed by atoms with E-state index in [2.05, 4.69) is 40.5 Å². The zero-order valence-electron chi connectivity index (χ0n) is 11.6. The first-order valence-electron chi connectivity index (χ1n) is 6.55. The van der Waals surface area contributed by atoms with Crippen molar-refractivity contribution in [1.82, 2.24) is 14.7 Å². The number of nitrogens with zero attached hydrogens (tertiary/aromatic N) is 2. The van der Waals surface area contributed by atoms with Gasteiger partial charge in [0.2, 0.25) is 0 Å². The number of fused-ring (bicyclic) bond motifs is 1. The van der Waals surface area contributed by atoms with Crippen LogP contribution >= 0.6 is 11.3 Å². The van der Waals surface area contributed by atoms with Gasteiger partial charge in [-0.25, -0.2) is 4.98 Å². The molecule has 4 nitrogen and oxygen atoms in total. The molecule has 0 unspecified atom stereocenters. The third-order valence-electron chi connectivity index (χ3n) is 3.01. The number of hydrogen-bond acceptors (Lipinski definition) is 4. The van der Waals surface area contributed by atoms with Crippen LogP contribution in [0.5, 0.6) is 0 Å². The fourth-order valence-electron chi connectivity index (χ4n) is 2.00. The second kappa shape index (κ2) is 6.84. The topological polar surface area (TPSA) is 38.6 Å². The normalized spacial score (nSPS) is 11.3. The van der Waals surface area contributed by atoms with E-state index in [9.17, 15) is 0 Å². The molecule has 2 rings (SSSR count). The van der Waals surface area contributed by atoms with Gasteiger partial charge in [-0.2, -0.15) is 0 Å². The van der Waals surface area contributed by atoms with E-state index >= 15 is 0 Å².